The fourth-order valence-electron chi connectivity index (χ4n) is 3.54. The lowest BCUT2D eigenvalue weighted by molar-refractivity contribution is -0.142. The van der Waals surface area contributed by atoms with Crippen LogP contribution < -0.4 is 10.2 Å². The molecule has 30 heavy (non-hydrogen) atoms. The second-order valence-electron chi connectivity index (χ2n) is 7.01. The van der Waals surface area contributed by atoms with Crippen molar-refractivity contribution in [2.45, 2.75) is 26.2 Å². The molecule has 0 saturated carbocycles. The average molecular weight is 424 g/mol. The summed E-state index contributed by atoms with van der Waals surface area (Å²) in [5.41, 5.74) is 3.60. The van der Waals surface area contributed by atoms with Crippen molar-refractivity contribution in [2.75, 3.05) is 36.5 Å². The standard InChI is InChI=1S/C22H25N5O2S/c1-2-29-20(28)7-10-24-22-25-18(21-23-11-14-30-21)15-19(26-22)27-12-8-16-5-3-4-6-17(16)9-13-27/h3-6,11,14-15H,2,7-10,12-13H2,1H3,(H,24,25,26). The van der Waals surface area contributed by atoms with E-state index in [-0.39, 0.29) is 12.4 Å². The molecule has 0 fully saturated rings. The number of hydrogen-bond donors (Lipinski definition) is 1. The van der Waals surface area contributed by atoms with Crippen molar-refractivity contribution in [1.82, 2.24) is 15.0 Å². The Kier molecular flexibility index (Phi) is 6.53. The van der Waals surface area contributed by atoms with E-state index in [1.807, 2.05) is 11.4 Å². The summed E-state index contributed by atoms with van der Waals surface area (Å²) in [6.45, 7) is 4.40. The second-order valence-corrected chi connectivity index (χ2v) is 7.90. The van der Waals surface area contributed by atoms with Crippen molar-refractivity contribution in [1.29, 1.82) is 0 Å². The van der Waals surface area contributed by atoms with Crippen LogP contribution in [0.3, 0.4) is 0 Å². The van der Waals surface area contributed by atoms with Crippen LogP contribution in [0.5, 0.6) is 0 Å². The van der Waals surface area contributed by atoms with E-state index in [0.717, 1.165) is 42.5 Å². The monoisotopic (exact) mass is 423 g/mol. The number of esters is 1. The minimum atomic E-state index is -0.230. The van der Waals surface area contributed by atoms with Crippen molar-refractivity contribution in [3.63, 3.8) is 0 Å². The Morgan fingerprint density at radius 3 is 2.63 bits per heavy atom. The molecular weight excluding hydrogens is 398 g/mol. The second kappa shape index (κ2) is 9.67. The maximum absolute atomic E-state index is 11.6. The molecule has 0 bridgehead atoms. The van der Waals surface area contributed by atoms with Crippen LogP contribution in [0, 0.1) is 0 Å². The van der Waals surface area contributed by atoms with Crippen molar-refractivity contribution in [3.05, 3.63) is 53.0 Å². The van der Waals surface area contributed by atoms with Gasteiger partial charge in [-0.25, -0.2) is 9.97 Å². The van der Waals surface area contributed by atoms with Crippen molar-refractivity contribution in [2.24, 2.45) is 0 Å². The lowest BCUT2D eigenvalue weighted by Crippen LogP contribution is -2.27. The molecule has 0 amide bonds. The number of ether oxygens (including phenoxy) is 1. The lowest BCUT2D eigenvalue weighted by atomic mass is 10.0. The van der Waals surface area contributed by atoms with Crippen LogP contribution in [0.1, 0.15) is 24.5 Å². The molecule has 1 N–H and O–H groups in total. The van der Waals surface area contributed by atoms with Gasteiger partial charge in [-0.15, -0.1) is 11.3 Å². The number of hydrogen-bond acceptors (Lipinski definition) is 8. The van der Waals surface area contributed by atoms with Gasteiger partial charge >= 0.3 is 5.97 Å². The third-order valence-electron chi connectivity index (χ3n) is 5.03. The Balaban J connectivity index is 1.54. The molecule has 1 aromatic carbocycles. The summed E-state index contributed by atoms with van der Waals surface area (Å²) < 4.78 is 4.99. The van der Waals surface area contributed by atoms with Gasteiger partial charge in [-0.2, -0.15) is 4.98 Å². The quantitative estimate of drug-likeness (QED) is 0.582. The predicted octanol–water partition coefficient (Wildman–Crippen LogP) is 3.57. The van der Waals surface area contributed by atoms with Gasteiger partial charge in [0.2, 0.25) is 5.95 Å². The van der Waals surface area contributed by atoms with E-state index in [2.05, 4.69) is 44.5 Å². The van der Waals surface area contributed by atoms with Crippen molar-refractivity contribution >= 4 is 29.1 Å². The van der Waals surface area contributed by atoms with Gasteiger partial charge < -0.3 is 15.0 Å². The SMILES string of the molecule is CCOC(=O)CCNc1nc(-c2nccs2)cc(N2CCc3ccccc3CC2)n1. The number of carbonyl (C=O) groups is 1. The number of anilines is 2. The summed E-state index contributed by atoms with van der Waals surface area (Å²) in [4.78, 5) is 27.7. The summed E-state index contributed by atoms with van der Waals surface area (Å²) in [5, 5.41) is 5.97. The predicted molar refractivity (Wildman–Crippen MR) is 119 cm³/mol. The van der Waals surface area contributed by atoms with Crippen LogP contribution in [0.4, 0.5) is 11.8 Å². The lowest BCUT2D eigenvalue weighted by Gasteiger charge is -2.22. The van der Waals surface area contributed by atoms with Gasteiger partial charge in [-0.1, -0.05) is 24.3 Å². The Morgan fingerprint density at radius 2 is 1.97 bits per heavy atom. The first-order valence-corrected chi connectivity index (χ1v) is 11.1. The van der Waals surface area contributed by atoms with E-state index in [0.29, 0.717) is 19.1 Å². The third kappa shape index (κ3) is 4.94. The zero-order chi connectivity index (χ0) is 20.8. The first-order chi connectivity index (χ1) is 14.7. The highest BCUT2D eigenvalue weighted by atomic mass is 32.1. The Labute approximate surface area is 180 Å². The zero-order valence-corrected chi connectivity index (χ0v) is 17.8. The summed E-state index contributed by atoms with van der Waals surface area (Å²) in [6, 6.07) is 10.6. The van der Waals surface area contributed by atoms with Gasteiger partial charge in [0, 0.05) is 37.3 Å². The number of rotatable bonds is 7. The van der Waals surface area contributed by atoms with Gasteiger partial charge in [0.15, 0.2) is 0 Å². The summed E-state index contributed by atoms with van der Waals surface area (Å²) >= 11 is 1.55. The highest BCUT2D eigenvalue weighted by molar-refractivity contribution is 7.13. The molecule has 8 heteroatoms. The number of benzene rings is 1. The van der Waals surface area contributed by atoms with Crippen LogP contribution in [-0.2, 0) is 22.4 Å². The van der Waals surface area contributed by atoms with E-state index in [1.165, 1.54) is 11.1 Å². The molecule has 2 aromatic heterocycles. The number of nitrogens with one attached hydrogen (secondary N) is 1. The molecule has 0 aliphatic carbocycles. The summed E-state index contributed by atoms with van der Waals surface area (Å²) in [5.74, 6) is 1.15. The van der Waals surface area contributed by atoms with Crippen LogP contribution in [0.15, 0.2) is 41.9 Å². The molecule has 1 aliphatic rings. The van der Waals surface area contributed by atoms with E-state index in [4.69, 9.17) is 9.72 Å². The molecule has 0 saturated heterocycles. The fraction of sp³-hybridized carbons (Fsp3) is 0.364. The highest BCUT2D eigenvalue weighted by Crippen LogP contribution is 2.27. The number of nitrogens with zero attached hydrogens (tertiary/aromatic N) is 4. The molecule has 0 atom stereocenters. The van der Waals surface area contributed by atoms with Gasteiger partial charge in [0.1, 0.15) is 16.5 Å². The molecule has 3 aromatic rings. The minimum Gasteiger partial charge on any atom is -0.466 e. The first kappa shape index (κ1) is 20.3. The molecule has 156 valence electrons. The van der Waals surface area contributed by atoms with Crippen molar-refractivity contribution < 1.29 is 9.53 Å². The number of thiazole rings is 1. The Morgan fingerprint density at radius 1 is 1.20 bits per heavy atom. The fourth-order valence-corrected chi connectivity index (χ4v) is 4.14. The van der Waals surface area contributed by atoms with Crippen LogP contribution in [0.2, 0.25) is 0 Å². The molecule has 4 rings (SSSR count). The van der Waals surface area contributed by atoms with Gasteiger partial charge in [0.25, 0.3) is 0 Å². The van der Waals surface area contributed by atoms with E-state index >= 15 is 0 Å². The van der Waals surface area contributed by atoms with Gasteiger partial charge in [-0.3, -0.25) is 4.79 Å². The molecule has 0 radical (unpaired) electrons. The average Bonchev–Trinajstić information content (AvgIpc) is 3.21. The van der Waals surface area contributed by atoms with Crippen LogP contribution in [-0.4, -0.2) is 47.2 Å². The molecule has 3 heterocycles. The van der Waals surface area contributed by atoms with Crippen LogP contribution >= 0.6 is 11.3 Å². The van der Waals surface area contributed by atoms with E-state index < -0.39 is 0 Å². The molecule has 0 spiro atoms. The Hall–Kier alpha value is -3.00. The highest BCUT2D eigenvalue weighted by Gasteiger charge is 2.18. The third-order valence-corrected chi connectivity index (χ3v) is 5.82. The number of carbonyl (C=O) groups excluding carboxylic acids is 1. The molecule has 1 aliphatic heterocycles. The smallest absolute Gasteiger partial charge is 0.307 e. The number of aromatic nitrogens is 3. The Bertz CT molecular complexity index is 966. The van der Waals surface area contributed by atoms with Crippen LogP contribution in [0.25, 0.3) is 10.7 Å². The van der Waals surface area contributed by atoms with E-state index in [9.17, 15) is 4.79 Å². The zero-order valence-electron chi connectivity index (χ0n) is 17.0. The molecule has 0 unspecified atom stereocenters. The first-order valence-electron chi connectivity index (χ1n) is 10.2. The van der Waals surface area contributed by atoms with E-state index in [1.54, 1.807) is 24.5 Å². The maximum Gasteiger partial charge on any atom is 0.307 e. The minimum absolute atomic E-state index is 0.230. The summed E-state index contributed by atoms with van der Waals surface area (Å²) in [7, 11) is 0. The maximum atomic E-state index is 11.6. The topological polar surface area (TPSA) is 80.2 Å². The van der Waals surface area contributed by atoms with Gasteiger partial charge in [-0.05, 0) is 30.9 Å². The van der Waals surface area contributed by atoms with Gasteiger partial charge in [0.05, 0.1) is 13.0 Å². The summed E-state index contributed by atoms with van der Waals surface area (Å²) in [6.07, 6.45) is 4.02. The molecule has 7 nitrogen and oxygen atoms in total. The van der Waals surface area contributed by atoms with Crippen molar-refractivity contribution in [3.8, 4) is 10.7 Å². The largest absolute Gasteiger partial charge is 0.466 e. The number of fused-ring (bicyclic) bond motifs is 1. The normalized spacial score (nSPS) is 13.4. The molecular formula is C22H25N5O2S.